The van der Waals surface area contributed by atoms with Gasteiger partial charge in [0.25, 0.3) is 0 Å². The highest BCUT2D eigenvalue weighted by molar-refractivity contribution is 7.99. The molecule has 1 aromatic rings. The summed E-state index contributed by atoms with van der Waals surface area (Å²) < 4.78 is 37.7. The SMILES string of the molecule is CC(C)C(C)Sc1cc(C(F)(F)F)cc(N)n1. The first-order chi connectivity index (χ1) is 7.70. The van der Waals surface area contributed by atoms with E-state index in [0.717, 1.165) is 12.1 Å². The molecule has 96 valence electrons. The molecule has 0 bridgehead atoms. The summed E-state index contributed by atoms with van der Waals surface area (Å²) >= 11 is 1.30. The second-order valence-corrected chi connectivity index (χ2v) is 5.58. The number of nitrogens with zero attached hydrogens (tertiary/aromatic N) is 1. The maximum absolute atomic E-state index is 12.6. The molecular weight excluding hydrogens is 249 g/mol. The molecule has 0 aliphatic rings. The van der Waals surface area contributed by atoms with Gasteiger partial charge >= 0.3 is 6.18 Å². The van der Waals surface area contributed by atoms with Crippen molar-refractivity contribution in [2.45, 2.75) is 37.2 Å². The van der Waals surface area contributed by atoms with Crippen LogP contribution in [0.15, 0.2) is 17.2 Å². The fraction of sp³-hybridized carbons (Fsp3) is 0.545. The van der Waals surface area contributed by atoms with Crippen molar-refractivity contribution < 1.29 is 13.2 Å². The van der Waals surface area contributed by atoms with Crippen molar-refractivity contribution in [1.82, 2.24) is 4.98 Å². The number of alkyl halides is 3. The quantitative estimate of drug-likeness (QED) is 0.843. The second-order valence-electron chi connectivity index (χ2n) is 4.18. The predicted molar refractivity (Wildman–Crippen MR) is 63.8 cm³/mol. The fourth-order valence-electron chi connectivity index (χ4n) is 1.08. The largest absolute Gasteiger partial charge is 0.416 e. The molecule has 0 spiro atoms. The third-order valence-electron chi connectivity index (χ3n) is 2.39. The Hall–Kier alpha value is -0.910. The summed E-state index contributed by atoms with van der Waals surface area (Å²) in [6, 6.07) is 1.89. The Kier molecular flexibility index (Phi) is 4.30. The maximum Gasteiger partial charge on any atom is 0.416 e. The first-order valence-electron chi connectivity index (χ1n) is 5.21. The van der Waals surface area contributed by atoms with Crippen LogP contribution in [0.4, 0.5) is 19.0 Å². The van der Waals surface area contributed by atoms with Crippen LogP contribution in [0.2, 0.25) is 0 Å². The van der Waals surface area contributed by atoms with Crippen molar-refractivity contribution in [2.24, 2.45) is 5.92 Å². The molecule has 1 heterocycles. The van der Waals surface area contributed by atoms with Gasteiger partial charge in [0, 0.05) is 5.25 Å². The zero-order valence-electron chi connectivity index (χ0n) is 9.88. The van der Waals surface area contributed by atoms with Crippen molar-refractivity contribution in [2.75, 3.05) is 5.73 Å². The van der Waals surface area contributed by atoms with Gasteiger partial charge in [0.05, 0.1) is 10.6 Å². The lowest BCUT2D eigenvalue weighted by atomic mass is 10.2. The number of nitrogens with two attached hydrogens (primary N) is 1. The van der Waals surface area contributed by atoms with E-state index in [4.69, 9.17) is 5.73 Å². The van der Waals surface area contributed by atoms with Gasteiger partial charge in [-0.05, 0) is 18.1 Å². The van der Waals surface area contributed by atoms with Gasteiger partial charge < -0.3 is 5.73 Å². The number of anilines is 1. The van der Waals surface area contributed by atoms with E-state index in [2.05, 4.69) is 4.98 Å². The smallest absolute Gasteiger partial charge is 0.384 e. The van der Waals surface area contributed by atoms with Gasteiger partial charge in [-0.25, -0.2) is 4.98 Å². The number of nitrogen functional groups attached to an aromatic ring is 1. The summed E-state index contributed by atoms with van der Waals surface area (Å²) in [5.41, 5.74) is 4.64. The number of pyridine rings is 1. The van der Waals surface area contributed by atoms with Crippen LogP contribution in [0.1, 0.15) is 26.3 Å². The minimum Gasteiger partial charge on any atom is -0.384 e. The molecule has 0 radical (unpaired) electrons. The highest BCUT2D eigenvalue weighted by Gasteiger charge is 2.31. The number of halogens is 3. The van der Waals surface area contributed by atoms with Crippen LogP contribution in [0.5, 0.6) is 0 Å². The Labute approximate surface area is 103 Å². The molecule has 6 heteroatoms. The summed E-state index contributed by atoms with van der Waals surface area (Å²) in [4.78, 5) is 3.91. The molecule has 0 saturated carbocycles. The summed E-state index contributed by atoms with van der Waals surface area (Å²) in [5, 5.41) is 0.504. The Morgan fingerprint density at radius 3 is 2.29 bits per heavy atom. The summed E-state index contributed by atoms with van der Waals surface area (Å²) in [7, 11) is 0. The van der Waals surface area contributed by atoms with E-state index in [9.17, 15) is 13.2 Å². The van der Waals surface area contributed by atoms with Crippen molar-refractivity contribution >= 4 is 17.6 Å². The standard InChI is InChI=1S/C11H15F3N2S/c1-6(2)7(3)17-10-5-8(11(12,13)14)4-9(15)16-10/h4-7H,1-3H3,(H2,15,16). The molecule has 2 N–H and O–H groups in total. The Bertz CT molecular complexity index is 391. The summed E-state index contributed by atoms with van der Waals surface area (Å²) in [5.74, 6) is 0.260. The average Bonchev–Trinajstić information content (AvgIpc) is 2.15. The zero-order chi connectivity index (χ0) is 13.2. The highest BCUT2D eigenvalue weighted by Crippen LogP contribution is 2.34. The van der Waals surface area contributed by atoms with Crippen molar-refractivity contribution in [1.29, 1.82) is 0 Å². The van der Waals surface area contributed by atoms with Crippen LogP contribution in [0, 0.1) is 5.92 Å². The van der Waals surface area contributed by atoms with Crippen molar-refractivity contribution in [3.63, 3.8) is 0 Å². The number of thioether (sulfide) groups is 1. The van der Waals surface area contributed by atoms with Crippen molar-refractivity contribution in [3.05, 3.63) is 17.7 Å². The molecule has 1 atom stereocenters. The van der Waals surface area contributed by atoms with E-state index in [0.29, 0.717) is 10.9 Å². The van der Waals surface area contributed by atoms with E-state index < -0.39 is 11.7 Å². The third kappa shape index (κ3) is 4.11. The normalized spacial score (nSPS) is 14.1. The molecule has 1 rings (SSSR count). The molecule has 2 nitrogen and oxygen atoms in total. The van der Waals surface area contributed by atoms with Gasteiger partial charge in [0.2, 0.25) is 0 Å². The Morgan fingerprint density at radius 2 is 1.82 bits per heavy atom. The molecular formula is C11H15F3N2S. The number of rotatable bonds is 3. The van der Waals surface area contributed by atoms with E-state index in [1.165, 1.54) is 11.8 Å². The van der Waals surface area contributed by atoms with E-state index in [1.54, 1.807) is 0 Å². The molecule has 1 aromatic heterocycles. The molecule has 0 amide bonds. The number of hydrogen-bond acceptors (Lipinski definition) is 3. The maximum atomic E-state index is 12.6. The van der Waals surface area contributed by atoms with Crippen LogP contribution in [0.25, 0.3) is 0 Å². The van der Waals surface area contributed by atoms with E-state index >= 15 is 0 Å². The minimum absolute atomic E-state index is 0.0988. The first kappa shape index (κ1) is 14.2. The lowest BCUT2D eigenvalue weighted by molar-refractivity contribution is -0.137. The van der Waals surface area contributed by atoms with Crippen molar-refractivity contribution in [3.8, 4) is 0 Å². The Balaban J connectivity index is 2.98. The molecule has 0 fully saturated rings. The molecule has 0 aromatic carbocycles. The molecule has 0 aliphatic carbocycles. The van der Waals surface area contributed by atoms with Gasteiger partial charge in [-0.2, -0.15) is 13.2 Å². The lowest BCUT2D eigenvalue weighted by Crippen LogP contribution is -2.09. The van der Waals surface area contributed by atoms with E-state index in [-0.39, 0.29) is 11.1 Å². The summed E-state index contributed by atoms with van der Waals surface area (Å²) in [6.45, 7) is 5.97. The summed E-state index contributed by atoms with van der Waals surface area (Å²) in [6.07, 6.45) is -4.38. The van der Waals surface area contributed by atoms with Crippen LogP contribution in [0.3, 0.4) is 0 Å². The number of aromatic nitrogens is 1. The van der Waals surface area contributed by atoms with Crippen LogP contribution in [-0.2, 0) is 6.18 Å². The van der Waals surface area contributed by atoms with Gasteiger partial charge in [-0.1, -0.05) is 20.8 Å². The number of hydrogen-bond donors (Lipinski definition) is 1. The molecule has 0 saturated heterocycles. The third-order valence-corrected chi connectivity index (χ3v) is 3.76. The molecule has 0 aliphatic heterocycles. The van der Waals surface area contributed by atoms with Gasteiger partial charge in [0.15, 0.2) is 0 Å². The molecule has 17 heavy (non-hydrogen) atoms. The van der Waals surface area contributed by atoms with E-state index in [1.807, 2.05) is 20.8 Å². The van der Waals surface area contributed by atoms with Crippen LogP contribution >= 0.6 is 11.8 Å². The fourth-order valence-corrected chi connectivity index (χ4v) is 2.08. The van der Waals surface area contributed by atoms with Gasteiger partial charge in [-0.3, -0.25) is 0 Å². The lowest BCUT2D eigenvalue weighted by Gasteiger charge is -2.15. The topological polar surface area (TPSA) is 38.9 Å². The first-order valence-corrected chi connectivity index (χ1v) is 6.09. The minimum atomic E-state index is -4.38. The highest BCUT2D eigenvalue weighted by atomic mass is 32.2. The van der Waals surface area contributed by atoms with Crippen LogP contribution in [-0.4, -0.2) is 10.2 Å². The van der Waals surface area contributed by atoms with Gasteiger partial charge in [0.1, 0.15) is 5.82 Å². The average molecular weight is 264 g/mol. The second kappa shape index (κ2) is 5.16. The zero-order valence-corrected chi connectivity index (χ0v) is 10.7. The molecule has 1 unspecified atom stereocenters. The van der Waals surface area contributed by atoms with Gasteiger partial charge in [-0.15, -0.1) is 11.8 Å². The van der Waals surface area contributed by atoms with Crippen LogP contribution < -0.4 is 5.73 Å². The predicted octanol–water partition coefficient (Wildman–Crippen LogP) is 3.82. The Morgan fingerprint density at radius 1 is 1.24 bits per heavy atom. The monoisotopic (exact) mass is 264 g/mol.